The number of rotatable bonds is 5. The Morgan fingerprint density at radius 1 is 1.47 bits per heavy atom. The molecule has 0 radical (unpaired) electrons. The molecule has 15 heavy (non-hydrogen) atoms. The van der Waals surface area contributed by atoms with Gasteiger partial charge in [0.25, 0.3) is 0 Å². The molecule has 0 bridgehead atoms. The first-order valence-electron chi connectivity index (χ1n) is 4.59. The van der Waals surface area contributed by atoms with Crippen LogP contribution in [0.5, 0.6) is 0 Å². The minimum absolute atomic E-state index is 0.0522. The predicted octanol–water partition coefficient (Wildman–Crippen LogP) is 0.609. The molecule has 0 aromatic carbocycles. The first-order valence-corrected chi connectivity index (χ1v) is 5.47. The molecule has 82 valence electrons. The van der Waals surface area contributed by atoms with Crippen molar-refractivity contribution in [3.63, 3.8) is 0 Å². The summed E-state index contributed by atoms with van der Waals surface area (Å²) in [6.07, 6.45) is 0. The molecule has 0 spiro atoms. The molecule has 0 aliphatic heterocycles. The summed E-state index contributed by atoms with van der Waals surface area (Å²) in [4.78, 5) is 25.1. The van der Waals surface area contributed by atoms with Crippen LogP contribution in [-0.4, -0.2) is 43.8 Å². The number of hydrogen-bond donors (Lipinski definition) is 1. The lowest BCUT2D eigenvalue weighted by Crippen LogP contribution is -2.35. The van der Waals surface area contributed by atoms with Crippen LogP contribution in [0.15, 0.2) is 17.5 Å². The van der Waals surface area contributed by atoms with Gasteiger partial charge < -0.3 is 5.32 Å². The van der Waals surface area contributed by atoms with Gasteiger partial charge in [-0.05, 0) is 18.5 Å². The van der Waals surface area contributed by atoms with Crippen LogP contribution in [0.1, 0.15) is 9.67 Å². The topological polar surface area (TPSA) is 49.4 Å². The van der Waals surface area contributed by atoms with Gasteiger partial charge in [-0.25, -0.2) is 0 Å². The number of carbonyl (C=O) groups excluding carboxylic acids is 2. The van der Waals surface area contributed by atoms with Crippen molar-refractivity contribution in [2.24, 2.45) is 0 Å². The summed E-state index contributed by atoms with van der Waals surface area (Å²) in [6.45, 7) is 0.515. The van der Waals surface area contributed by atoms with Crippen molar-refractivity contribution in [1.82, 2.24) is 10.2 Å². The van der Waals surface area contributed by atoms with E-state index in [2.05, 4.69) is 5.32 Å². The normalized spacial score (nSPS) is 10.3. The fourth-order valence-electron chi connectivity index (χ4n) is 1.14. The minimum Gasteiger partial charge on any atom is -0.358 e. The van der Waals surface area contributed by atoms with Gasteiger partial charge >= 0.3 is 0 Å². The summed E-state index contributed by atoms with van der Waals surface area (Å²) in [6, 6.07) is 3.64. The largest absolute Gasteiger partial charge is 0.358 e. The quantitative estimate of drug-likeness (QED) is 0.748. The van der Waals surface area contributed by atoms with Crippen LogP contribution >= 0.6 is 11.3 Å². The molecule has 1 aromatic heterocycles. The summed E-state index contributed by atoms with van der Waals surface area (Å²) in [5.41, 5.74) is 0. The number of nitrogens with zero attached hydrogens (tertiary/aromatic N) is 1. The third kappa shape index (κ3) is 3.81. The Labute approximate surface area is 92.9 Å². The van der Waals surface area contributed by atoms with Crippen molar-refractivity contribution < 1.29 is 9.59 Å². The Kier molecular flexibility index (Phi) is 4.45. The maximum atomic E-state index is 11.6. The van der Waals surface area contributed by atoms with Gasteiger partial charge in [0.1, 0.15) is 0 Å². The standard InChI is InChI=1S/C10H14N2O2S/c1-11-10(14)7-12(2)6-8(13)9-4-3-5-15-9/h3-5H,6-7H2,1-2H3,(H,11,14). The second-order valence-electron chi connectivity index (χ2n) is 3.25. The fourth-order valence-corrected chi connectivity index (χ4v) is 1.80. The zero-order valence-electron chi connectivity index (χ0n) is 8.82. The SMILES string of the molecule is CNC(=O)CN(C)CC(=O)c1cccs1. The molecule has 0 saturated heterocycles. The second-order valence-corrected chi connectivity index (χ2v) is 4.19. The maximum Gasteiger partial charge on any atom is 0.233 e. The molecule has 0 aliphatic carbocycles. The summed E-state index contributed by atoms with van der Waals surface area (Å²) in [7, 11) is 3.33. The molecule has 1 N–H and O–H groups in total. The Morgan fingerprint density at radius 2 is 2.20 bits per heavy atom. The summed E-state index contributed by atoms with van der Waals surface area (Å²) in [5.74, 6) is -0.0344. The van der Waals surface area contributed by atoms with E-state index in [1.54, 1.807) is 25.1 Å². The Hall–Kier alpha value is -1.20. The fraction of sp³-hybridized carbons (Fsp3) is 0.400. The number of amides is 1. The van der Waals surface area contributed by atoms with E-state index in [1.807, 2.05) is 11.4 Å². The number of hydrogen-bond acceptors (Lipinski definition) is 4. The lowest BCUT2D eigenvalue weighted by Gasteiger charge is -2.13. The van der Waals surface area contributed by atoms with Crippen LogP contribution < -0.4 is 5.32 Å². The molecular weight excluding hydrogens is 212 g/mol. The molecule has 0 atom stereocenters. The lowest BCUT2D eigenvalue weighted by atomic mass is 10.3. The lowest BCUT2D eigenvalue weighted by molar-refractivity contribution is -0.121. The second kappa shape index (κ2) is 5.63. The summed E-state index contributed by atoms with van der Waals surface area (Å²) >= 11 is 1.42. The number of carbonyl (C=O) groups is 2. The highest BCUT2D eigenvalue weighted by atomic mass is 32.1. The molecule has 0 saturated carbocycles. The number of Topliss-reactive ketones (excluding diaryl/α,β-unsaturated/α-hetero) is 1. The van der Waals surface area contributed by atoms with Crippen LogP contribution in [0, 0.1) is 0 Å². The van der Waals surface area contributed by atoms with E-state index < -0.39 is 0 Å². The number of likely N-dealkylation sites (N-methyl/N-ethyl adjacent to an activating group) is 2. The first kappa shape index (κ1) is 11.9. The molecule has 1 rings (SSSR count). The zero-order chi connectivity index (χ0) is 11.3. The van der Waals surface area contributed by atoms with Gasteiger partial charge in [0, 0.05) is 7.05 Å². The molecule has 1 aromatic rings. The van der Waals surface area contributed by atoms with Crippen molar-refractivity contribution >= 4 is 23.0 Å². The van der Waals surface area contributed by atoms with Crippen LogP contribution in [-0.2, 0) is 4.79 Å². The van der Waals surface area contributed by atoms with Gasteiger partial charge in [-0.1, -0.05) is 6.07 Å². The van der Waals surface area contributed by atoms with E-state index in [0.29, 0.717) is 0 Å². The van der Waals surface area contributed by atoms with E-state index in [1.165, 1.54) is 11.3 Å². The molecule has 1 heterocycles. The third-order valence-electron chi connectivity index (χ3n) is 1.90. The van der Waals surface area contributed by atoms with Crippen molar-refractivity contribution in [2.45, 2.75) is 0 Å². The molecular formula is C10H14N2O2S. The van der Waals surface area contributed by atoms with E-state index in [4.69, 9.17) is 0 Å². The zero-order valence-corrected chi connectivity index (χ0v) is 9.63. The van der Waals surface area contributed by atoms with Gasteiger partial charge in [0.2, 0.25) is 5.91 Å². The molecule has 0 fully saturated rings. The third-order valence-corrected chi connectivity index (χ3v) is 2.81. The number of nitrogens with one attached hydrogen (secondary N) is 1. The summed E-state index contributed by atoms with van der Waals surface area (Å²) in [5, 5.41) is 4.38. The van der Waals surface area contributed by atoms with Gasteiger partial charge in [-0.2, -0.15) is 0 Å². The first-order chi connectivity index (χ1) is 7.13. The van der Waals surface area contributed by atoms with Crippen LogP contribution in [0.2, 0.25) is 0 Å². The summed E-state index contributed by atoms with van der Waals surface area (Å²) < 4.78 is 0. The minimum atomic E-state index is -0.0866. The average Bonchev–Trinajstić information content (AvgIpc) is 2.70. The van der Waals surface area contributed by atoms with E-state index in [-0.39, 0.29) is 24.8 Å². The van der Waals surface area contributed by atoms with Crippen molar-refractivity contribution in [3.05, 3.63) is 22.4 Å². The van der Waals surface area contributed by atoms with E-state index in [9.17, 15) is 9.59 Å². The predicted molar refractivity (Wildman–Crippen MR) is 60.2 cm³/mol. The Morgan fingerprint density at radius 3 is 2.73 bits per heavy atom. The smallest absolute Gasteiger partial charge is 0.233 e. The Bertz CT molecular complexity index is 335. The monoisotopic (exact) mass is 226 g/mol. The highest BCUT2D eigenvalue weighted by Gasteiger charge is 2.11. The molecule has 0 unspecified atom stereocenters. The molecule has 4 nitrogen and oxygen atoms in total. The van der Waals surface area contributed by atoms with Gasteiger partial charge in [0.05, 0.1) is 18.0 Å². The molecule has 0 aliphatic rings. The highest BCUT2D eigenvalue weighted by Crippen LogP contribution is 2.09. The van der Waals surface area contributed by atoms with E-state index in [0.717, 1.165) is 4.88 Å². The number of ketones is 1. The number of thiophene rings is 1. The van der Waals surface area contributed by atoms with Crippen molar-refractivity contribution in [2.75, 3.05) is 27.2 Å². The van der Waals surface area contributed by atoms with Gasteiger partial charge in [-0.15, -0.1) is 11.3 Å². The molecule has 5 heteroatoms. The van der Waals surface area contributed by atoms with Crippen LogP contribution in [0.3, 0.4) is 0 Å². The Balaban J connectivity index is 2.42. The highest BCUT2D eigenvalue weighted by molar-refractivity contribution is 7.12. The van der Waals surface area contributed by atoms with Crippen molar-refractivity contribution in [1.29, 1.82) is 0 Å². The van der Waals surface area contributed by atoms with Crippen LogP contribution in [0.25, 0.3) is 0 Å². The average molecular weight is 226 g/mol. The molecule has 1 amide bonds. The van der Waals surface area contributed by atoms with Gasteiger partial charge in [-0.3, -0.25) is 14.5 Å². The maximum absolute atomic E-state index is 11.6. The van der Waals surface area contributed by atoms with Crippen molar-refractivity contribution in [3.8, 4) is 0 Å². The van der Waals surface area contributed by atoms with Gasteiger partial charge in [0.15, 0.2) is 5.78 Å². The van der Waals surface area contributed by atoms with Crippen LogP contribution in [0.4, 0.5) is 0 Å². The van der Waals surface area contributed by atoms with E-state index >= 15 is 0 Å².